The average Bonchev–Trinajstić information content (AvgIpc) is 3.33. The van der Waals surface area contributed by atoms with E-state index in [2.05, 4.69) is 62.5 Å². The summed E-state index contributed by atoms with van der Waals surface area (Å²) in [5.41, 5.74) is 0. The molecular formula is C62H117NO5. The van der Waals surface area contributed by atoms with Crippen LogP contribution in [-0.2, 0) is 14.3 Å². The maximum atomic E-state index is 13.3. The largest absolute Gasteiger partial charge is 0.462 e. The van der Waals surface area contributed by atoms with Gasteiger partial charge in [-0.25, -0.2) is 0 Å². The van der Waals surface area contributed by atoms with E-state index in [1.807, 2.05) is 0 Å². The second kappa shape index (κ2) is 56.0. The van der Waals surface area contributed by atoms with Crippen molar-refractivity contribution in [1.82, 2.24) is 5.32 Å². The van der Waals surface area contributed by atoms with Crippen LogP contribution in [0.5, 0.6) is 0 Å². The monoisotopic (exact) mass is 956 g/mol. The summed E-state index contributed by atoms with van der Waals surface area (Å²) in [5.74, 6) is -0.477. The summed E-state index contributed by atoms with van der Waals surface area (Å²) < 4.78 is 5.96. The molecule has 3 unspecified atom stereocenters. The fourth-order valence-corrected chi connectivity index (χ4v) is 9.45. The van der Waals surface area contributed by atoms with Gasteiger partial charge in [0.25, 0.3) is 0 Å². The number of aliphatic hydroxyl groups is 2. The number of nitrogens with one attached hydrogen (secondary N) is 1. The molecule has 0 aliphatic rings. The van der Waals surface area contributed by atoms with E-state index in [0.717, 1.165) is 83.5 Å². The molecule has 0 aliphatic heterocycles. The molecule has 0 aromatic carbocycles. The molecule has 0 spiro atoms. The van der Waals surface area contributed by atoms with Crippen LogP contribution in [0.15, 0.2) is 36.5 Å². The Bertz CT molecular complexity index is 1120. The highest BCUT2D eigenvalue weighted by molar-refractivity contribution is 5.77. The van der Waals surface area contributed by atoms with Gasteiger partial charge in [0.05, 0.1) is 25.2 Å². The number of hydrogen-bond acceptors (Lipinski definition) is 5. The van der Waals surface area contributed by atoms with Crippen LogP contribution >= 0.6 is 0 Å². The lowest BCUT2D eigenvalue weighted by Crippen LogP contribution is -2.46. The standard InChI is InChI=1S/C62H117NO5/c1-4-7-10-13-16-19-22-25-28-30-32-34-37-40-43-46-49-52-55-62(67)68-58(53-50-47-44-41-38-35-27-24-21-18-15-12-9-6-3)56-61(66)63-59(57-64)60(65)54-51-48-45-42-39-36-33-31-29-26-23-20-17-14-11-8-5-2/h9,12,18,21,27,35,58-60,64-65H,4-8,10-11,13-17,19-20,22-26,28-34,36-57H2,1-3H3,(H,63,66)/b12-9+,21-18+,35-27+. The Kier molecular flexibility index (Phi) is 54.4. The van der Waals surface area contributed by atoms with E-state index in [1.165, 1.54) is 193 Å². The zero-order chi connectivity index (χ0) is 49.5. The molecular weight excluding hydrogens is 839 g/mol. The van der Waals surface area contributed by atoms with Gasteiger partial charge in [0.2, 0.25) is 5.91 Å². The van der Waals surface area contributed by atoms with Crippen LogP contribution in [0.25, 0.3) is 0 Å². The number of carbonyl (C=O) groups excluding carboxylic acids is 2. The summed E-state index contributed by atoms with van der Waals surface area (Å²) >= 11 is 0. The van der Waals surface area contributed by atoms with Crippen LogP contribution in [0.3, 0.4) is 0 Å². The van der Waals surface area contributed by atoms with Gasteiger partial charge in [0, 0.05) is 6.42 Å². The second-order valence-corrected chi connectivity index (χ2v) is 20.7. The van der Waals surface area contributed by atoms with Gasteiger partial charge in [-0.05, 0) is 57.8 Å². The van der Waals surface area contributed by atoms with Crippen LogP contribution in [-0.4, -0.2) is 46.9 Å². The highest BCUT2D eigenvalue weighted by Gasteiger charge is 2.24. The van der Waals surface area contributed by atoms with Crippen LogP contribution in [0, 0.1) is 0 Å². The van der Waals surface area contributed by atoms with E-state index < -0.39 is 18.2 Å². The third kappa shape index (κ3) is 50.5. The number of unbranched alkanes of at least 4 members (excludes halogenated alkanes) is 37. The van der Waals surface area contributed by atoms with Gasteiger partial charge < -0.3 is 20.3 Å². The molecule has 0 aromatic heterocycles. The summed E-state index contributed by atoms with van der Waals surface area (Å²) in [4.78, 5) is 26.3. The van der Waals surface area contributed by atoms with E-state index >= 15 is 0 Å². The van der Waals surface area contributed by atoms with Crippen molar-refractivity contribution >= 4 is 11.9 Å². The Morgan fingerprint density at radius 2 is 0.794 bits per heavy atom. The first-order chi connectivity index (χ1) is 33.5. The van der Waals surface area contributed by atoms with Gasteiger partial charge in [-0.2, -0.15) is 0 Å². The molecule has 6 heteroatoms. The third-order valence-corrected chi connectivity index (χ3v) is 14.0. The van der Waals surface area contributed by atoms with E-state index in [1.54, 1.807) is 0 Å². The fraction of sp³-hybridized carbons (Fsp3) is 0.871. The summed E-state index contributed by atoms with van der Waals surface area (Å²) in [6, 6.07) is -0.707. The molecule has 0 aromatic rings. The van der Waals surface area contributed by atoms with Gasteiger partial charge >= 0.3 is 5.97 Å². The van der Waals surface area contributed by atoms with E-state index in [9.17, 15) is 19.8 Å². The fourth-order valence-electron chi connectivity index (χ4n) is 9.45. The predicted octanol–water partition coefficient (Wildman–Crippen LogP) is 18.8. The summed E-state index contributed by atoms with van der Waals surface area (Å²) in [6.45, 7) is 6.41. The maximum absolute atomic E-state index is 13.3. The zero-order valence-electron chi connectivity index (χ0n) is 45.8. The molecule has 3 N–H and O–H groups in total. The maximum Gasteiger partial charge on any atom is 0.306 e. The molecule has 0 bridgehead atoms. The molecule has 400 valence electrons. The van der Waals surface area contributed by atoms with Crippen molar-refractivity contribution in [2.75, 3.05) is 6.61 Å². The van der Waals surface area contributed by atoms with Crippen LogP contribution in [0.1, 0.15) is 323 Å². The SMILES string of the molecule is CC/C=C/C/C=C/C/C=C/CCCCCCC(CC(=O)NC(CO)C(O)CCCCCCCCCCCCCCCCCCC)OC(=O)CCCCCCCCCCCCCCCCCCCC. The Balaban J connectivity index is 4.49. The molecule has 0 heterocycles. The third-order valence-electron chi connectivity index (χ3n) is 14.0. The van der Waals surface area contributed by atoms with Gasteiger partial charge in [-0.3, -0.25) is 9.59 Å². The lowest BCUT2D eigenvalue weighted by molar-refractivity contribution is -0.151. The van der Waals surface area contributed by atoms with Gasteiger partial charge in [0.15, 0.2) is 0 Å². The molecule has 0 saturated heterocycles. The van der Waals surface area contributed by atoms with Crippen molar-refractivity contribution in [3.8, 4) is 0 Å². The minimum absolute atomic E-state index is 0.0672. The first kappa shape index (κ1) is 66.1. The van der Waals surface area contributed by atoms with E-state index in [-0.39, 0.29) is 24.9 Å². The molecule has 0 fully saturated rings. The Morgan fingerprint density at radius 1 is 0.441 bits per heavy atom. The molecule has 0 saturated carbocycles. The summed E-state index contributed by atoms with van der Waals surface area (Å²) in [6.07, 6.45) is 67.9. The number of allylic oxidation sites excluding steroid dienone is 6. The number of aliphatic hydroxyl groups excluding tert-OH is 2. The minimum atomic E-state index is -0.793. The average molecular weight is 957 g/mol. The molecule has 3 atom stereocenters. The minimum Gasteiger partial charge on any atom is -0.462 e. The first-order valence-corrected chi connectivity index (χ1v) is 30.2. The quantitative estimate of drug-likeness (QED) is 0.0321. The van der Waals surface area contributed by atoms with Gasteiger partial charge in [0.1, 0.15) is 6.10 Å². The van der Waals surface area contributed by atoms with Crippen LogP contribution < -0.4 is 5.32 Å². The number of ether oxygens (including phenoxy) is 1. The van der Waals surface area contributed by atoms with Crippen molar-refractivity contribution in [3.63, 3.8) is 0 Å². The molecule has 0 rings (SSSR count). The van der Waals surface area contributed by atoms with Gasteiger partial charge in [-0.1, -0.05) is 288 Å². The highest BCUT2D eigenvalue weighted by Crippen LogP contribution is 2.19. The Hall–Kier alpha value is -1.92. The lowest BCUT2D eigenvalue weighted by atomic mass is 10.0. The Morgan fingerprint density at radius 3 is 1.21 bits per heavy atom. The molecule has 6 nitrogen and oxygen atoms in total. The molecule has 68 heavy (non-hydrogen) atoms. The van der Waals surface area contributed by atoms with Crippen molar-refractivity contribution in [2.24, 2.45) is 0 Å². The van der Waals surface area contributed by atoms with Crippen LogP contribution in [0.4, 0.5) is 0 Å². The highest BCUT2D eigenvalue weighted by atomic mass is 16.5. The van der Waals surface area contributed by atoms with Crippen LogP contribution in [0.2, 0.25) is 0 Å². The Labute approximate surface area is 424 Å². The van der Waals surface area contributed by atoms with E-state index in [0.29, 0.717) is 19.3 Å². The van der Waals surface area contributed by atoms with Crippen molar-refractivity contribution < 1.29 is 24.5 Å². The van der Waals surface area contributed by atoms with Crippen molar-refractivity contribution in [1.29, 1.82) is 0 Å². The number of carbonyl (C=O) groups is 2. The molecule has 0 aliphatic carbocycles. The number of hydrogen-bond donors (Lipinski definition) is 3. The number of amides is 1. The van der Waals surface area contributed by atoms with Crippen molar-refractivity contribution in [2.45, 2.75) is 341 Å². The van der Waals surface area contributed by atoms with Gasteiger partial charge in [-0.15, -0.1) is 0 Å². The zero-order valence-corrected chi connectivity index (χ0v) is 45.8. The lowest BCUT2D eigenvalue weighted by Gasteiger charge is -2.24. The second-order valence-electron chi connectivity index (χ2n) is 20.7. The first-order valence-electron chi connectivity index (χ1n) is 30.2. The summed E-state index contributed by atoms with van der Waals surface area (Å²) in [7, 11) is 0. The number of esters is 1. The predicted molar refractivity (Wildman–Crippen MR) is 296 cm³/mol. The summed E-state index contributed by atoms with van der Waals surface area (Å²) in [5, 5.41) is 23.9. The molecule has 0 radical (unpaired) electrons. The smallest absolute Gasteiger partial charge is 0.306 e. The number of rotatable bonds is 55. The molecule has 1 amide bonds. The topological polar surface area (TPSA) is 95.9 Å². The van der Waals surface area contributed by atoms with Crippen molar-refractivity contribution in [3.05, 3.63) is 36.5 Å². The normalized spacial score (nSPS) is 13.3. The van der Waals surface area contributed by atoms with E-state index in [4.69, 9.17) is 4.74 Å².